The number of hydrogen-bond acceptors (Lipinski definition) is 3. The Balaban J connectivity index is 2.34. The number of halogens is 3. The van der Waals surface area contributed by atoms with Gasteiger partial charge in [0.25, 0.3) is 0 Å². The van der Waals surface area contributed by atoms with Gasteiger partial charge in [-0.05, 0) is 38.1 Å². The van der Waals surface area contributed by atoms with Gasteiger partial charge in [-0.15, -0.1) is 0 Å². The summed E-state index contributed by atoms with van der Waals surface area (Å²) >= 11 is 0. The summed E-state index contributed by atoms with van der Waals surface area (Å²) in [5.41, 5.74) is -1.02. The number of methoxy groups -OCH3 is 1. The molecule has 0 radical (unpaired) electrons. The first-order valence-corrected chi connectivity index (χ1v) is 7.47. The van der Waals surface area contributed by atoms with E-state index in [4.69, 9.17) is 9.47 Å². The molecule has 0 unspecified atom stereocenters. The molecule has 0 spiro atoms. The fourth-order valence-corrected chi connectivity index (χ4v) is 1.67. The Morgan fingerprint density at radius 2 is 1.75 bits per heavy atom. The molecule has 5 nitrogen and oxygen atoms in total. The Morgan fingerprint density at radius 1 is 1.12 bits per heavy atom. The Morgan fingerprint density at radius 3 is 2.25 bits per heavy atom. The minimum absolute atomic E-state index is 0.291. The highest BCUT2D eigenvalue weighted by molar-refractivity contribution is 5.79. The molecule has 0 atom stereocenters. The Bertz CT molecular complexity index is 528. The van der Waals surface area contributed by atoms with E-state index in [1.807, 2.05) is 13.8 Å². The van der Waals surface area contributed by atoms with Crippen molar-refractivity contribution in [2.24, 2.45) is 4.99 Å². The minimum atomic E-state index is -4.34. The van der Waals surface area contributed by atoms with Crippen LogP contribution in [-0.4, -0.2) is 45.4 Å². The summed E-state index contributed by atoms with van der Waals surface area (Å²) in [7, 11) is 3.28. The fourth-order valence-electron chi connectivity index (χ4n) is 1.67. The van der Waals surface area contributed by atoms with Crippen molar-refractivity contribution in [3.8, 4) is 5.75 Å². The number of guanidine groups is 1. The monoisotopic (exact) mass is 347 g/mol. The molecule has 8 heteroatoms. The van der Waals surface area contributed by atoms with Crippen molar-refractivity contribution in [1.82, 2.24) is 10.6 Å². The molecule has 0 aromatic heterocycles. The van der Waals surface area contributed by atoms with Crippen LogP contribution in [-0.2, 0) is 10.9 Å². The van der Waals surface area contributed by atoms with Crippen LogP contribution in [0.1, 0.15) is 19.4 Å². The van der Waals surface area contributed by atoms with Crippen LogP contribution in [0.25, 0.3) is 0 Å². The van der Waals surface area contributed by atoms with E-state index in [9.17, 15) is 13.2 Å². The van der Waals surface area contributed by atoms with Crippen LogP contribution >= 0.6 is 0 Å². The van der Waals surface area contributed by atoms with Gasteiger partial charge in [-0.3, -0.25) is 4.99 Å². The highest BCUT2D eigenvalue weighted by Gasteiger charge is 2.29. The zero-order valence-corrected chi connectivity index (χ0v) is 14.3. The summed E-state index contributed by atoms with van der Waals surface area (Å²) in [4.78, 5) is 4.07. The predicted octanol–water partition coefficient (Wildman–Crippen LogP) is 2.67. The lowest BCUT2D eigenvalue weighted by Gasteiger charge is -2.24. The average Bonchev–Trinajstić information content (AvgIpc) is 2.54. The van der Waals surface area contributed by atoms with Crippen molar-refractivity contribution in [1.29, 1.82) is 0 Å². The maximum atomic E-state index is 12.5. The van der Waals surface area contributed by atoms with Gasteiger partial charge < -0.3 is 20.1 Å². The lowest BCUT2D eigenvalue weighted by Crippen LogP contribution is -2.46. The number of benzene rings is 1. The van der Waals surface area contributed by atoms with E-state index in [1.54, 1.807) is 14.2 Å². The number of nitrogens with zero attached hydrogens (tertiary/aromatic N) is 1. The molecule has 0 bridgehead atoms. The smallest absolute Gasteiger partial charge is 0.416 e. The summed E-state index contributed by atoms with van der Waals surface area (Å²) < 4.78 is 48.1. The Kier molecular flexibility index (Phi) is 7.34. The molecule has 2 N–H and O–H groups in total. The van der Waals surface area contributed by atoms with Crippen LogP contribution in [0.5, 0.6) is 5.75 Å². The molecule has 136 valence electrons. The van der Waals surface area contributed by atoms with Crippen LogP contribution < -0.4 is 15.4 Å². The summed E-state index contributed by atoms with van der Waals surface area (Å²) in [6.07, 6.45) is -4.34. The zero-order valence-electron chi connectivity index (χ0n) is 14.3. The first-order chi connectivity index (χ1) is 11.2. The first kappa shape index (κ1) is 20.1. The second kappa shape index (κ2) is 8.77. The summed E-state index contributed by atoms with van der Waals surface area (Å²) in [5, 5.41) is 6.17. The molecular formula is C16H24F3N3O2. The average molecular weight is 347 g/mol. The number of aliphatic imine (C=N–C) groups is 1. The number of alkyl halides is 3. The third-order valence-corrected chi connectivity index (χ3v) is 3.30. The quantitative estimate of drug-likeness (QED) is 0.452. The van der Waals surface area contributed by atoms with E-state index < -0.39 is 11.7 Å². The largest absolute Gasteiger partial charge is 0.492 e. The van der Waals surface area contributed by atoms with Crippen LogP contribution in [0.4, 0.5) is 13.2 Å². The van der Waals surface area contributed by atoms with Crippen molar-refractivity contribution in [3.63, 3.8) is 0 Å². The van der Waals surface area contributed by atoms with E-state index in [1.165, 1.54) is 12.1 Å². The lowest BCUT2D eigenvalue weighted by atomic mass is 10.1. The van der Waals surface area contributed by atoms with E-state index in [0.29, 0.717) is 31.4 Å². The van der Waals surface area contributed by atoms with Crippen LogP contribution in [0.3, 0.4) is 0 Å². The van der Waals surface area contributed by atoms with Crippen molar-refractivity contribution in [2.75, 3.05) is 33.9 Å². The van der Waals surface area contributed by atoms with E-state index in [0.717, 1.165) is 12.1 Å². The SMILES string of the molecule is CN=C(NCCOc1ccc(C(F)(F)F)cc1)NCC(C)(C)OC. The number of rotatable bonds is 7. The highest BCUT2D eigenvalue weighted by atomic mass is 19.4. The molecule has 0 aliphatic heterocycles. The van der Waals surface area contributed by atoms with Crippen molar-refractivity contribution >= 4 is 5.96 Å². The van der Waals surface area contributed by atoms with Crippen LogP contribution in [0.2, 0.25) is 0 Å². The summed E-state index contributed by atoms with van der Waals surface area (Å²) in [5.74, 6) is 0.976. The van der Waals surface area contributed by atoms with Crippen molar-refractivity contribution < 1.29 is 22.6 Å². The second-order valence-corrected chi connectivity index (χ2v) is 5.69. The third kappa shape index (κ3) is 7.08. The van der Waals surface area contributed by atoms with Gasteiger partial charge in [0.2, 0.25) is 0 Å². The van der Waals surface area contributed by atoms with Crippen LogP contribution in [0.15, 0.2) is 29.3 Å². The molecule has 24 heavy (non-hydrogen) atoms. The van der Waals surface area contributed by atoms with E-state index in [2.05, 4.69) is 15.6 Å². The Labute approximate surface area is 140 Å². The van der Waals surface area contributed by atoms with Gasteiger partial charge in [0.1, 0.15) is 12.4 Å². The lowest BCUT2D eigenvalue weighted by molar-refractivity contribution is -0.137. The molecule has 0 aliphatic carbocycles. The number of ether oxygens (including phenoxy) is 2. The van der Waals surface area contributed by atoms with Gasteiger partial charge in [-0.1, -0.05) is 0 Å². The molecule has 1 aromatic carbocycles. The summed E-state index contributed by atoms with van der Waals surface area (Å²) in [6.45, 7) is 5.21. The topological polar surface area (TPSA) is 54.9 Å². The third-order valence-electron chi connectivity index (χ3n) is 3.30. The maximum absolute atomic E-state index is 12.5. The van der Waals surface area contributed by atoms with Gasteiger partial charge >= 0.3 is 6.18 Å². The zero-order chi connectivity index (χ0) is 18.2. The molecular weight excluding hydrogens is 323 g/mol. The van der Waals surface area contributed by atoms with Crippen molar-refractivity contribution in [3.05, 3.63) is 29.8 Å². The molecule has 0 fully saturated rings. The van der Waals surface area contributed by atoms with Gasteiger partial charge in [0.15, 0.2) is 5.96 Å². The molecule has 0 heterocycles. The van der Waals surface area contributed by atoms with Gasteiger partial charge in [0, 0.05) is 20.7 Å². The normalized spacial score (nSPS) is 12.9. The molecule has 0 saturated carbocycles. The van der Waals surface area contributed by atoms with Crippen LogP contribution in [0, 0.1) is 0 Å². The molecule has 1 aromatic rings. The number of hydrogen-bond donors (Lipinski definition) is 2. The van der Waals surface area contributed by atoms with Gasteiger partial charge in [-0.2, -0.15) is 13.2 Å². The molecule has 0 saturated heterocycles. The number of nitrogens with one attached hydrogen (secondary N) is 2. The van der Waals surface area contributed by atoms with E-state index >= 15 is 0 Å². The van der Waals surface area contributed by atoms with Gasteiger partial charge in [-0.25, -0.2) is 0 Å². The highest BCUT2D eigenvalue weighted by Crippen LogP contribution is 2.30. The maximum Gasteiger partial charge on any atom is 0.416 e. The predicted molar refractivity (Wildman–Crippen MR) is 87.4 cm³/mol. The second-order valence-electron chi connectivity index (χ2n) is 5.69. The Hall–Kier alpha value is -1.96. The standard InChI is InChI=1S/C16H24F3N3O2/c1-15(2,23-4)11-22-14(20-3)21-9-10-24-13-7-5-12(6-8-13)16(17,18)19/h5-8H,9-11H2,1-4H3,(H2,20,21,22). The molecule has 0 amide bonds. The molecule has 0 aliphatic rings. The van der Waals surface area contributed by atoms with Gasteiger partial charge in [0.05, 0.1) is 17.7 Å². The summed E-state index contributed by atoms with van der Waals surface area (Å²) in [6, 6.07) is 4.60. The fraction of sp³-hybridized carbons (Fsp3) is 0.562. The van der Waals surface area contributed by atoms with Crippen molar-refractivity contribution in [2.45, 2.75) is 25.6 Å². The molecule has 1 rings (SSSR count). The first-order valence-electron chi connectivity index (χ1n) is 7.47. The van der Waals surface area contributed by atoms with E-state index in [-0.39, 0.29) is 5.60 Å². The minimum Gasteiger partial charge on any atom is -0.492 e.